The number of hydrogen-bond donors (Lipinski definition) is 1. The molecule has 1 fully saturated rings. The van der Waals surface area contributed by atoms with Crippen molar-refractivity contribution in [2.24, 2.45) is 0 Å². The summed E-state index contributed by atoms with van der Waals surface area (Å²) in [7, 11) is 2.16. The van der Waals surface area contributed by atoms with E-state index in [1.54, 1.807) is 0 Å². The lowest BCUT2D eigenvalue weighted by molar-refractivity contribution is -0.888. The Morgan fingerprint density at radius 2 is 1.61 bits per heavy atom. The number of ether oxygens (including phenoxy) is 1. The van der Waals surface area contributed by atoms with E-state index in [-0.39, 0.29) is 18.0 Å². The molecule has 120 valence electrons. The van der Waals surface area contributed by atoms with E-state index < -0.39 is 0 Å². The number of likely N-dealkylation sites (tertiary alicyclic amines) is 1. The number of piperidine rings is 1. The first-order chi connectivity index (χ1) is 11.2. The molecule has 23 heavy (non-hydrogen) atoms. The van der Waals surface area contributed by atoms with Crippen LogP contribution in [0.25, 0.3) is 0 Å². The van der Waals surface area contributed by atoms with Gasteiger partial charge in [0.15, 0.2) is 6.10 Å². The van der Waals surface area contributed by atoms with Crippen molar-refractivity contribution in [2.75, 3.05) is 20.1 Å². The van der Waals surface area contributed by atoms with Crippen LogP contribution in [-0.2, 0) is 9.53 Å². The first-order valence-electron chi connectivity index (χ1n) is 8.35. The quantitative estimate of drug-likeness (QED) is 0.876. The van der Waals surface area contributed by atoms with Gasteiger partial charge in [0.1, 0.15) is 12.5 Å². The van der Waals surface area contributed by atoms with Gasteiger partial charge in [0.2, 0.25) is 0 Å². The fourth-order valence-corrected chi connectivity index (χ4v) is 3.31. The van der Waals surface area contributed by atoms with Gasteiger partial charge in [-0.1, -0.05) is 60.7 Å². The molecule has 1 saturated heterocycles. The van der Waals surface area contributed by atoms with Crippen LogP contribution in [0.2, 0.25) is 0 Å². The van der Waals surface area contributed by atoms with Crippen molar-refractivity contribution in [3.63, 3.8) is 0 Å². The largest absolute Gasteiger partial charge is 0.456 e. The molecule has 0 amide bonds. The van der Waals surface area contributed by atoms with Crippen molar-refractivity contribution in [2.45, 2.75) is 24.9 Å². The van der Waals surface area contributed by atoms with E-state index >= 15 is 0 Å². The van der Waals surface area contributed by atoms with E-state index in [1.165, 1.54) is 4.90 Å². The molecule has 0 aliphatic carbocycles. The number of quaternary nitrogens is 1. The molecule has 2 aromatic rings. The average molecular weight is 310 g/mol. The predicted molar refractivity (Wildman–Crippen MR) is 90.5 cm³/mol. The number of nitrogens with one attached hydrogen (secondary N) is 1. The first kappa shape index (κ1) is 15.8. The molecule has 1 unspecified atom stereocenters. The number of rotatable bonds is 4. The third-order valence-electron chi connectivity index (χ3n) is 4.49. The van der Waals surface area contributed by atoms with E-state index in [4.69, 9.17) is 4.74 Å². The second-order valence-corrected chi connectivity index (χ2v) is 6.37. The zero-order chi connectivity index (χ0) is 16.1. The average Bonchev–Trinajstić information content (AvgIpc) is 2.57. The summed E-state index contributed by atoms with van der Waals surface area (Å²) < 4.78 is 5.87. The molecule has 1 aliphatic rings. The Hall–Kier alpha value is -2.13. The molecule has 3 nitrogen and oxygen atoms in total. The molecule has 0 aromatic heterocycles. The Balaban J connectivity index is 1.82. The zero-order valence-corrected chi connectivity index (χ0v) is 13.6. The fraction of sp³-hybridized carbons (Fsp3) is 0.350. The number of hydrogen-bond acceptors (Lipinski definition) is 2. The third-order valence-corrected chi connectivity index (χ3v) is 4.49. The van der Waals surface area contributed by atoms with Crippen molar-refractivity contribution in [3.8, 4) is 0 Å². The van der Waals surface area contributed by atoms with Crippen LogP contribution in [0.5, 0.6) is 0 Å². The summed E-state index contributed by atoms with van der Waals surface area (Å²) in [6.45, 7) is 2.07. The van der Waals surface area contributed by atoms with Crippen molar-refractivity contribution in [1.29, 1.82) is 0 Å². The molecule has 1 N–H and O–H groups in total. The van der Waals surface area contributed by atoms with Gasteiger partial charge in [-0.3, -0.25) is 4.79 Å². The summed E-state index contributed by atoms with van der Waals surface area (Å²) in [5.41, 5.74) is 1.97. The lowest BCUT2D eigenvalue weighted by Crippen LogP contribution is -3.11. The van der Waals surface area contributed by atoms with Gasteiger partial charge in [0.25, 0.3) is 0 Å². The lowest BCUT2D eigenvalue weighted by atomic mass is 9.91. The van der Waals surface area contributed by atoms with Crippen LogP contribution < -0.4 is 4.90 Å². The van der Waals surface area contributed by atoms with Crippen LogP contribution >= 0.6 is 0 Å². The van der Waals surface area contributed by atoms with Crippen LogP contribution in [-0.4, -0.2) is 32.2 Å². The van der Waals surface area contributed by atoms with Gasteiger partial charge in [-0.05, 0) is 17.5 Å². The Morgan fingerprint density at radius 3 is 2.13 bits per heavy atom. The number of likely N-dealkylation sites (N-methyl/N-ethyl adjacent to an activating group) is 1. The number of carbonyl (C=O) groups excluding carboxylic acids is 1. The van der Waals surface area contributed by atoms with Gasteiger partial charge in [0, 0.05) is 6.42 Å². The van der Waals surface area contributed by atoms with E-state index in [2.05, 4.69) is 7.05 Å². The smallest absolute Gasteiger partial charge is 0.318 e. The summed E-state index contributed by atoms with van der Waals surface area (Å²) >= 11 is 0. The molecule has 1 aliphatic heterocycles. The van der Waals surface area contributed by atoms with Gasteiger partial charge in [-0.25, -0.2) is 0 Å². The molecule has 3 heteroatoms. The highest BCUT2D eigenvalue weighted by atomic mass is 16.5. The second-order valence-electron chi connectivity index (χ2n) is 6.37. The molecule has 1 heterocycles. The minimum atomic E-state index is -0.348. The summed E-state index contributed by atoms with van der Waals surface area (Å²) in [5.74, 6) is -0.485. The van der Waals surface area contributed by atoms with E-state index in [1.807, 2.05) is 60.7 Å². The van der Waals surface area contributed by atoms with Crippen LogP contribution in [0.3, 0.4) is 0 Å². The highest BCUT2D eigenvalue weighted by Gasteiger charge is 2.29. The molecule has 0 bridgehead atoms. The van der Waals surface area contributed by atoms with Crippen LogP contribution in [0.4, 0.5) is 0 Å². The topological polar surface area (TPSA) is 30.7 Å². The minimum Gasteiger partial charge on any atom is -0.456 e. The van der Waals surface area contributed by atoms with Gasteiger partial charge in [-0.2, -0.15) is 0 Å². The fourth-order valence-electron chi connectivity index (χ4n) is 3.31. The maximum atomic E-state index is 12.9. The number of esters is 1. The van der Waals surface area contributed by atoms with Crippen LogP contribution in [0.15, 0.2) is 60.7 Å². The standard InChI is InChI=1S/C20H23NO2/c1-21-14-8-13-18(15-21)23-20(22)19(16-9-4-2-5-10-16)17-11-6-3-7-12-17/h2-7,9-12,18-19H,8,13-15H2,1H3/p+1/t18-/m0/s1. The number of benzene rings is 2. The summed E-state index contributed by atoms with van der Waals surface area (Å²) in [4.78, 5) is 14.3. The molecule has 2 aromatic carbocycles. The van der Waals surface area contributed by atoms with Crippen LogP contribution in [0, 0.1) is 0 Å². The van der Waals surface area contributed by atoms with Gasteiger partial charge in [0.05, 0.1) is 13.6 Å². The molecule has 2 atom stereocenters. The summed E-state index contributed by atoms with van der Waals surface area (Å²) in [6, 6.07) is 19.8. The number of carbonyl (C=O) groups is 1. The molecular formula is C20H24NO2+. The second kappa shape index (κ2) is 7.42. The third kappa shape index (κ3) is 3.99. The highest BCUT2D eigenvalue weighted by Crippen LogP contribution is 2.26. The molecule has 0 saturated carbocycles. The lowest BCUT2D eigenvalue weighted by Gasteiger charge is -2.28. The van der Waals surface area contributed by atoms with Crippen molar-refractivity contribution in [1.82, 2.24) is 0 Å². The maximum Gasteiger partial charge on any atom is 0.318 e. The Labute approximate surface area is 137 Å². The maximum absolute atomic E-state index is 12.9. The monoisotopic (exact) mass is 310 g/mol. The summed E-state index contributed by atoms with van der Waals surface area (Å²) in [6.07, 6.45) is 2.12. The Bertz CT molecular complexity index is 587. The first-order valence-corrected chi connectivity index (χ1v) is 8.35. The highest BCUT2D eigenvalue weighted by molar-refractivity contribution is 5.82. The summed E-state index contributed by atoms with van der Waals surface area (Å²) in [5, 5.41) is 0. The van der Waals surface area contributed by atoms with Crippen molar-refractivity contribution in [3.05, 3.63) is 71.8 Å². The van der Waals surface area contributed by atoms with E-state index in [0.717, 1.165) is 37.1 Å². The SMILES string of the molecule is C[NH+]1CCC[C@H](OC(=O)C(c2ccccc2)c2ccccc2)C1. The van der Waals surface area contributed by atoms with Crippen LogP contribution in [0.1, 0.15) is 29.9 Å². The van der Waals surface area contributed by atoms with E-state index in [9.17, 15) is 4.79 Å². The van der Waals surface area contributed by atoms with Gasteiger partial charge in [-0.15, -0.1) is 0 Å². The Morgan fingerprint density at radius 1 is 1.04 bits per heavy atom. The molecule has 0 spiro atoms. The minimum absolute atomic E-state index is 0.0335. The Kier molecular flexibility index (Phi) is 5.09. The van der Waals surface area contributed by atoms with Crippen molar-refractivity contribution >= 4 is 5.97 Å². The van der Waals surface area contributed by atoms with E-state index in [0.29, 0.717) is 0 Å². The molecule has 3 rings (SSSR count). The molecule has 0 radical (unpaired) electrons. The molecular weight excluding hydrogens is 286 g/mol. The van der Waals surface area contributed by atoms with Gasteiger partial charge >= 0.3 is 5.97 Å². The predicted octanol–water partition coefficient (Wildman–Crippen LogP) is 2.04. The van der Waals surface area contributed by atoms with Crippen molar-refractivity contribution < 1.29 is 14.4 Å². The van der Waals surface area contributed by atoms with Gasteiger partial charge < -0.3 is 9.64 Å². The zero-order valence-electron chi connectivity index (χ0n) is 13.6. The normalized spacial score (nSPS) is 21.1.